The third kappa shape index (κ3) is 6.29. The Kier molecular flexibility index (Phi) is 7.06. The molecule has 0 unspecified atom stereocenters. The molecule has 0 saturated carbocycles. The lowest BCUT2D eigenvalue weighted by Gasteiger charge is -2.06. The molecule has 0 aliphatic heterocycles. The molecule has 0 fully saturated rings. The molecule has 0 saturated heterocycles. The summed E-state index contributed by atoms with van der Waals surface area (Å²) in [6, 6.07) is 6.26. The van der Waals surface area contributed by atoms with Gasteiger partial charge in [-0.15, -0.1) is 0 Å². The summed E-state index contributed by atoms with van der Waals surface area (Å²) in [5.41, 5.74) is 2.56. The second-order valence-electron chi connectivity index (χ2n) is 3.92. The number of aryl methyl sites for hydroxylation is 1. The first-order valence-electron chi connectivity index (χ1n) is 5.16. The molecule has 15 heavy (non-hydrogen) atoms. The van der Waals surface area contributed by atoms with Gasteiger partial charge >= 0.3 is 0 Å². The van der Waals surface area contributed by atoms with Gasteiger partial charge in [0.25, 0.3) is 0 Å². The molecule has 0 radical (unpaired) electrons. The molecule has 0 aliphatic carbocycles. The Morgan fingerprint density at radius 3 is 2.33 bits per heavy atom. The van der Waals surface area contributed by atoms with Crippen molar-refractivity contribution in [3.63, 3.8) is 0 Å². The molecule has 1 rings (SSSR count). The van der Waals surface area contributed by atoms with E-state index >= 15 is 0 Å². The number of benzene rings is 1. The Morgan fingerprint density at radius 2 is 1.93 bits per heavy atom. The molecule has 0 bridgehead atoms. The fraction of sp³-hybridized carbons (Fsp3) is 0.462. The Morgan fingerprint density at radius 1 is 1.40 bits per heavy atom. The Labute approximate surface area is 97.5 Å². The highest BCUT2D eigenvalue weighted by Gasteiger charge is 1.99. The summed E-state index contributed by atoms with van der Waals surface area (Å²) in [4.78, 5) is 8.81. The van der Waals surface area contributed by atoms with Crippen LogP contribution in [0.3, 0.4) is 0 Å². The summed E-state index contributed by atoms with van der Waals surface area (Å²) in [7, 11) is 0. The summed E-state index contributed by atoms with van der Waals surface area (Å²) >= 11 is 5.92. The molecular formula is C13H19ClO. The second-order valence-corrected chi connectivity index (χ2v) is 4.32. The van der Waals surface area contributed by atoms with E-state index in [1.807, 2.05) is 13.0 Å². The van der Waals surface area contributed by atoms with Crippen LogP contribution in [-0.2, 0) is 11.2 Å². The quantitative estimate of drug-likeness (QED) is 0.696. The smallest absolute Gasteiger partial charge is 0.116 e. The van der Waals surface area contributed by atoms with Crippen LogP contribution >= 0.6 is 11.6 Å². The van der Waals surface area contributed by atoms with Gasteiger partial charge in [0.05, 0.1) is 0 Å². The van der Waals surface area contributed by atoms with E-state index in [0.29, 0.717) is 5.92 Å². The van der Waals surface area contributed by atoms with Gasteiger partial charge in [-0.3, -0.25) is 0 Å². The van der Waals surface area contributed by atoms with Crippen LogP contribution in [0.15, 0.2) is 18.2 Å². The molecule has 0 N–H and O–H groups in total. The topological polar surface area (TPSA) is 17.1 Å². The maximum Gasteiger partial charge on any atom is 0.116 e. The van der Waals surface area contributed by atoms with Gasteiger partial charge in [0.2, 0.25) is 0 Å². The summed E-state index contributed by atoms with van der Waals surface area (Å²) in [6.45, 7) is 7.94. The summed E-state index contributed by atoms with van der Waals surface area (Å²) in [6.07, 6.45) is 1.89. The van der Waals surface area contributed by atoms with E-state index in [1.54, 1.807) is 0 Å². The molecule has 0 atom stereocenters. The van der Waals surface area contributed by atoms with E-state index in [1.165, 1.54) is 18.1 Å². The highest BCUT2D eigenvalue weighted by Crippen LogP contribution is 2.18. The van der Waals surface area contributed by atoms with Crippen LogP contribution in [-0.4, -0.2) is 6.29 Å². The second kappa shape index (κ2) is 7.47. The van der Waals surface area contributed by atoms with Crippen molar-refractivity contribution in [2.75, 3.05) is 0 Å². The number of rotatable bonds is 2. The molecule has 84 valence electrons. The van der Waals surface area contributed by atoms with Crippen LogP contribution in [0.4, 0.5) is 0 Å². The lowest BCUT2D eigenvalue weighted by Crippen LogP contribution is -1.94. The summed E-state index contributed by atoms with van der Waals surface area (Å²) < 4.78 is 0. The SMILES string of the molecule is CC=O.Cc1cc(CC(C)C)ccc1Cl. The molecule has 1 aromatic rings. The van der Waals surface area contributed by atoms with Crippen LogP contribution in [0.1, 0.15) is 31.9 Å². The molecule has 0 aromatic heterocycles. The van der Waals surface area contributed by atoms with E-state index in [9.17, 15) is 0 Å². The number of halogens is 1. The Bertz CT molecular complexity index is 305. The van der Waals surface area contributed by atoms with E-state index < -0.39 is 0 Å². The Hall–Kier alpha value is -0.820. The van der Waals surface area contributed by atoms with Crippen molar-refractivity contribution in [1.29, 1.82) is 0 Å². The van der Waals surface area contributed by atoms with Gasteiger partial charge in [0, 0.05) is 5.02 Å². The number of carbonyl (C=O) groups excluding carboxylic acids is 1. The Balaban J connectivity index is 0.000000583. The van der Waals surface area contributed by atoms with Gasteiger partial charge in [-0.1, -0.05) is 37.6 Å². The fourth-order valence-electron chi connectivity index (χ4n) is 1.31. The van der Waals surface area contributed by atoms with E-state index in [4.69, 9.17) is 16.4 Å². The van der Waals surface area contributed by atoms with Crippen LogP contribution in [0.5, 0.6) is 0 Å². The molecule has 1 aromatic carbocycles. The highest BCUT2D eigenvalue weighted by atomic mass is 35.5. The van der Waals surface area contributed by atoms with Gasteiger partial charge in [0.15, 0.2) is 0 Å². The predicted octanol–water partition coefficient (Wildman–Crippen LogP) is 4.05. The number of hydrogen-bond donors (Lipinski definition) is 0. The minimum absolute atomic E-state index is 0.713. The minimum Gasteiger partial charge on any atom is -0.304 e. The average molecular weight is 227 g/mol. The van der Waals surface area contributed by atoms with Gasteiger partial charge < -0.3 is 4.79 Å². The van der Waals surface area contributed by atoms with Gasteiger partial charge in [0.1, 0.15) is 6.29 Å². The zero-order chi connectivity index (χ0) is 11.8. The molecule has 0 amide bonds. The van der Waals surface area contributed by atoms with E-state index in [2.05, 4.69) is 26.0 Å². The largest absolute Gasteiger partial charge is 0.304 e. The lowest BCUT2D eigenvalue weighted by atomic mass is 10.0. The van der Waals surface area contributed by atoms with E-state index in [-0.39, 0.29) is 0 Å². The lowest BCUT2D eigenvalue weighted by molar-refractivity contribution is -0.106. The molecule has 0 spiro atoms. The standard InChI is InChI=1S/C11H15Cl.C2H4O/c1-8(2)6-10-4-5-11(12)9(3)7-10;1-2-3/h4-5,7-8H,6H2,1-3H3;2H,1H3. The fourth-order valence-corrected chi connectivity index (χ4v) is 1.42. The average Bonchev–Trinajstić information content (AvgIpc) is 2.12. The zero-order valence-corrected chi connectivity index (χ0v) is 10.6. The van der Waals surface area contributed by atoms with Crippen LogP contribution in [0, 0.1) is 12.8 Å². The molecular weight excluding hydrogens is 208 g/mol. The maximum atomic E-state index is 8.81. The van der Waals surface area contributed by atoms with Crippen molar-refractivity contribution in [3.8, 4) is 0 Å². The van der Waals surface area contributed by atoms with Crippen molar-refractivity contribution in [3.05, 3.63) is 34.3 Å². The third-order valence-corrected chi connectivity index (χ3v) is 2.29. The van der Waals surface area contributed by atoms with Crippen molar-refractivity contribution >= 4 is 17.9 Å². The van der Waals surface area contributed by atoms with Crippen molar-refractivity contribution in [2.24, 2.45) is 5.92 Å². The van der Waals surface area contributed by atoms with Crippen molar-refractivity contribution in [1.82, 2.24) is 0 Å². The number of carbonyl (C=O) groups is 1. The first-order chi connectivity index (χ1) is 7.01. The number of hydrogen-bond acceptors (Lipinski definition) is 1. The molecule has 0 aliphatic rings. The van der Waals surface area contributed by atoms with Crippen molar-refractivity contribution in [2.45, 2.75) is 34.1 Å². The number of aldehydes is 1. The monoisotopic (exact) mass is 226 g/mol. The first-order valence-corrected chi connectivity index (χ1v) is 5.53. The van der Waals surface area contributed by atoms with Crippen LogP contribution in [0.25, 0.3) is 0 Å². The summed E-state index contributed by atoms with van der Waals surface area (Å²) in [5.74, 6) is 0.713. The maximum absolute atomic E-state index is 8.81. The van der Waals surface area contributed by atoms with Gasteiger partial charge in [-0.05, 0) is 43.4 Å². The summed E-state index contributed by atoms with van der Waals surface area (Å²) in [5, 5.41) is 0.863. The predicted molar refractivity (Wildman–Crippen MR) is 66.5 cm³/mol. The third-order valence-electron chi connectivity index (χ3n) is 1.87. The van der Waals surface area contributed by atoms with Crippen molar-refractivity contribution < 1.29 is 4.79 Å². The van der Waals surface area contributed by atoms with Crippen LogP contribution in [0.2, 0.25) is 5.02 Å². The normalized spacial score (nSPS) is 9.47. The van der Waals surface area contributed by atoms with E-state index in [0.717, 1.165) is 17.7 Å². The highest BCUT2D eigenvalue weighted by molar-refractivity contribution is 6.31. The zero-order valence-electron chi connectivity index (χ0n) is 9.88. The van der Waals surface area contributed by atoms with Gasteiger partial charge in [-0.25, -0.2) is 0 Å². The van der Waals surface area contributed by atoms with Crippen LogP contribution < -0.4 is 0 Å². The molecule has 2 heteroatoms. The molecule has 0 heterocycles. The minimum atomic E-state index is 0.713. The van der Waals surface area contributed by atoms with Gasteiger partial charge in [-0.2, -0.15) is 0 Å². The first kappa shape index (κ1) is 14.2. The molecule has 1 nitrogen and oxygen atoms in total.